The number of hydrogen-bond acceptors (Lipinski definition) is 6. The number of amides is 1. The third-order valence-corrected chi connectivity index (χ3v) is 4.65. The molecule has 0 saturated carbocycles. The minimum absolute atomic E-state index is 0.0401. The van der Waals surface area contributed by atoms with Gasteiger partial charge in [-0.05, 0) is 38.0 Å². The van der Waals surface area contributed by atoms with Crippen molar-refractivity contribution in [2.24, 2.45) is 0 Å². The maximum Gasteiger partial charge on any atom is 0.305 e. The molecule has 1 aliphatic heterocycles. The second-order valence-electron chi connectivity index (χ2n) is 6.81. The first-order chi connectivity index (χ1) is 14.1. The molecule has 156 valence electrons. The molecule has 3 rings (SSSR count). The van der Waals surface area contributed by atoms with Crippen LogP contribution < -0.4 is 4.74 Å². The highest BCUT2D eigenvalue weighted by Gasteiger charge is 2.17. The van der Waals surface area contributed by atoms with Gasteiger partial charge in [0.25, 0.3) is 0 Å². The van der Waals surface area contributed by atoms with Crippen LogP contribution >= 0.6 is 0 Å². The number of hydrogen-bond donors (Lipinski definition) is 0. The van der Waals surface area contributed by atoms with E-state index in [0.717, 1.165) is 11.0 Å². The summed E-state index contributed by atoms with van der Waals surface area (Å²) >= 11 is 0. The molecule has 7 heteroatoms. The topological polar surface area (TPSA) is 78.2 Å². The molecule has 2 heterocycles. The standard InChI is InChI=1S/C22H27NO6/c1-3-27-21(25)8-5-11-28-18-7-4-6-17-15-19(29-22(17)18)16(2)14-20(24)23-9-12-26-13-10-23/h4,6-7,14-15H,3,5,8-13H2,1-2H3. The van der Waals surface area contributed by atoms with Gasteiger partial charge in [-0.2, -0.15) is 0 Å². The van der Waals surface area contributed by atoms with Gasteiger partial charge in [-0.3, -0.25) is 9.59 Å². The summed E-state index contributed by atoms with van der Waals surface area (Å²) < 4.78 is 22.0. The molecule has 0 spiro atoms. The molecule has 1 amide bonds. The number of rotatable bonds is 8. The lowest BCUT2D eigenvalue weighted by molar-refractivity contribution is -0.143. The van der Waals surface area contributed by atoms with Crippen molar-refractivity contribution in [3.8, 4) is 5.75 Å². The number of fused-ring (bicyclic) bond motifs is 1. The quantitative estimate of drug-likeness (QED) is 0.383. The molecule has 7 nitrogen and oxygen atoms in total. The molecule has 29 heavy (non-hydrogen) atoms. The van der Waals surface area contributed by atoms with Crippen molar-refractivity contribution in [2.75, 3.05) is 39.5 Å². The second kappa shape index (κ2) is 10.1. The van der Waals surface area contributed by atoms with E-state index >= 15 is 0 Å². The number of morpholine rings is 1. The Morgan fingerprint density at radius 3 is 2.79 bits per heavy atom. The molecule has 0 aliphatic carbocycles. The number of benzene rings is 1. The van der Waals surface area contributed by atoms with Gasteiger partial charge >= 0.3 is 5.97 Å². The van der Waals surface area contributed by atoms with Crippen molar-refractivity contribution in [1.82, 2.24) is 4.90 Å². The SMILES string of the molecule is CCOC(=O)CCCOc1cccc2cc(C(C)=CC(=O)N3CCOCC3)oc12. The van der Waals surface area contributed by atoms with Crippen LogP contribution in [0.2, 0.25) is 0 Å². The van der Waals surface area contributed by atoms with Crippen molar-refractivity contribution >= 4 is 28.4 Å². The molecule has 1 saturated heterocycles. The lowest BCUT2D eigenvalue weighted by atomic mass is 10.2. The molecule has 1 aromatic heterocycles. The molecule has 0 atom stereocenters. The van der Waals surface area contributed by atoms with Gasteiger partial charge < -0.3 is 23.5 Å². The summed E-state index contributed by atoms with van der Waals surface area (Å²) in [4.78, 5) is 25.6. The van der Waals surface area contributed by atoms with Crippen LogP contribution in [-0.4, -0.2) is 56.3 Å². The number of carbonyl (C=O) groups is 2. The van der Waals surface area contributed by atoms with E-state index in [0.29, 0.717) is 69.5 Å². The van der Waals surface area contributed by atoms with Crippen molar-refractivity contribution in [1.29, 1.82) is 0 Å². The zero-order chi connectivity index (χ0) is 20.6. The van der Waals surface area contributed by atoms with Crippen LogP contribution in [-0.2, 0) is 19.1 Å². The summed E-state index contributed by atoms with van der Waals surface area (Å²) in [6.45, 7) is 6.76. The Labute approximate surface area is 170 Å². The fourth-order valence-corrected chi connectivity index (χ4v) is 3.11. The lowest BCUT2D eigenvalue weighted by Crippen LogP contribution is -2.39. The Hall–Kier alpha value is -2.80. The molecular weight excluding hydrogens is 374 g/mol. The highest BCUT2D eigenvalue weighted by Crippen LogP contribution is 2.31. The predicted octanol–water partition coefficient (Wildman–Crippen LogP) is 3.42. The first kappa shape index (κ1) is 20.9. The summed E-state index contributed by atoms with van der Waals surface area (Å²) in [7, 11) is 0. The minimum Gasteiger partial charge on any atom is -0.490 e. The van der Waals surface area contributed by atoms with Gasteiger partial charge in [0.1, 0.15) is 5.76 Å². The Morgan fingerprint density at radius 2 is 2.03 bits per heavy atom. The maximum atomic E-state index is 12.4. The van der Waals surface area contributed by atoms with E-state index in [1.165, 1.54) is 0 Å². The van der Waals surface area contributed by atoms with Gasteiger partial charge in [0.15, 0.2) is 11.3 Å². The fraction of sp³-hybridized carbons (Fsp3) is 0.455. The van der Waals surface area contributed by atoms with Crippen molar-refractivity contribution in [2.45, 2.75) is 26.7 Å². The smallest absolute Gasteiger partial charge is 0.305 e. The summed E-state index contributed by atoms with van der Waals surface area (Å²) in [5, 5.41) is 0.898. The van der Waals surface area contributed by atoms with Crippen LogP contribution in [0.5, 0.6) is 5.75 Å². The summed E-state index contributed by atoms with van der Waals surface area (Å²) in [5.41, 5.74) is 1.39. The predicted molar refractivity (Wildman–Crippen MR) is 109 cm³/mol. The third-order valence-electron chi connectivity index (χ3n) is 4.65. The molecule has 1 aromatic carbocycles. The van der Waals surface area contributed by atoms with Gasteiger partial charge in [0.05, 0.1) is 26.4 Å². The maximum absolute atomic E-state index is 12.4. The van der Waals surface area contributed by atoms with Gasteiger partial charge in [-0.15, -0.1) is 0 Å². The third kappa shape index (κ3) is 5.60. The number of allylic oxidation sites excluding steroid dienone is 1. The Kier molecular flexibility index (Phi) is 7.30. The average molecular weight is 401 g/mol. The average Bonchev–Trinajstić information content (AvgIpc) is 3.17. The van der Waals surface area contributed by atoms with E-state index in [1.54, 1.807) is 17.9 Å². The Balaban J connectivity index is 1.66. The molecule has 0 radical (unpaired) electrons. The zero-order valence-electron chi connectivity index (χ0n) is 16.9. The number of para-hydroxylation sites is 1. The largest absolute Gasteiger partial charge is 0.490 e. The van der Waals surface area contributed by atoms with E-state index in [2.05, 4.69) is 0 Å². The van der Waals surface area contributed by atoms with Gasteiger partial charge in [0, 0.05) is 31.0 Å². The molecule has 0 unspecified atom stereocenters. The first-order valence-electron chi connectivity index (χ1n) is 9.94. The summed E-state index contributed by atoms with van der Waals surface area (Å²) in [5.74, 6) is 0.982. The molecule has 0 N–H and O–H groups in total. The van der Waals surface area contributed by atoms with Crippen LogP contribution in [0.1, 0.15) is 32.4 Å². The summed E-state index contributed by atoms with van der Waals surface area (Å²) in [6, 6.07) is 7.56. The van der Waals surface area contributed by atoms with Crippen LogP contribution in [0.4, 0.5) is 0 Å². The number of carbonyl (C=O) groups excluding carboxylic acids is 2. The molecule has 1 fully saturated rings. The van der Waals surface area contributed by atoms with Crippen molar-refractivity contribution in [3.05, 3.63) is 36.1 Å². The zero-order valence-corrected chi connectivity index (χ0v) is 16.9. The summed E-state index contributed by atoms with van der Waals surface area (Å²) in [6.07, 6.45) is 2.48. The molecule has 0 bridgehead atoms. The van der Waals surface area contributed by atoms with E-state index in [4.69, 9.17) is 18.6 Å². The Morgan fingerprint density at radius 1 is 1.24 bits per heavy atom. The molecule has 2 aromatic rings. The van der Waals surface area contributed by atoms with Crippen LogP contribution in [0.15, 0.2) is 34.8 Å². The lowest BCUT2D eigenvalue weighted by Gasteiger charge is -2.25. The number of furan rings is 1. The molecule has 1 aliphatic rings. The van der Waals surface area contributed by atoms with E-state index < -0.39 is 0 Å². The number of nitrogens with zero attached hydrogens (tertiary/aromatic N) is 1. The molecular formula is C22H27NO6. The van der Waals surface area contributed by atoms with Gasteiger partial charge in [-0.1, -0.05) is 12.1 Å². The van der Waals surface area contributed by atoms with Crippen molar-refractivity contribution in [3.63, 3.8) is 0 Å². The van der Waals surface area contributed by atoms with E-state index in [-0.39, 0.29) is 11.9 Å². The second-order valence-corrected chi connectivity index (χ2v) is 6.81. The number of esters is 1. The normalized spacial score (nSPS) is 14.8. The van der Waals surface area contributed by atoms with Crippen LogP contribution in [0.3, 0.4) is 0 Å². The van der Waals surface area contributed by atoms with Gasteiger partial charge in [0.2, 0.25) is 5.91 Å². The highest BCUT2D eigenvalue weighted by atomic mass is 16.5. The van der Waals surface area contributed by atoms with E-state index in [1.807, 2.05) is 31.2 Å². The van der Waals surface area contributed by atoms with Crippen LogP contribution in [0, 0.1) is 0 Å². The first-order valence-corrected chi connectivity index (χ1v) is 9.94. The van der Waals surface area contributed by atoms with E-state index in [9.17, 15) is 9.59 Å². The number of ether oxygens (including phenoxy) is 3. The van der Waals surface area contributed by atoms with Crippen molar-refractivity contribution < 1.29 is 28.2 Å². The monoisotopic (exact) mass is 401 g/mol. The Bertz CT molecular complexity index is 879. The van der Waals surface area contributed by atoms with Crippen LogP contribution in [0.25, 0.3) is 16.5 Å². The fourth-order valence-electron chi connectivity index (χ4n) is 3.11. The van der Waals surface area contributed by atoms with Gasteiger partial charge in [-0.25, -0.2) is 0 Å². The minimum atomic E-state index is -0.222. The highest BCUT2D eigenvalue weighted by molar-refractivity contribution is 5.96.